The quantitative estimate of drug-likeness (QED) is 0.775. The molecule has 4 heteroatoms. The van der Waals surface area contributed by atoms with Crippen LogP contribution in [0.4, 0.5) is 0 Å². The number of hydrogen-bond acceptors (Lipinski definition) is 3. The van der Waals surface area contributed by atoms with Gasteiger partial charge in [-0.3, -0.25) is 4.21 Å². The maximum absolute atomic E-state index is 12.0. The molecule has 0 saturated carbocycles. The lowest BCUT2D eigenvalue weighted by molar-refractivity contribution is 0.0260. The first-order valence-electron chi connectivity index (χ1n) is 5.92. The van der Waals surface area contributed by atoms with E-state index in [1.165, 1.54) is 5.57 Å². The third-order valence-corrected chi connectivity index (χ3v) is 6.04. The minimum Gasteiger partial charge on any atom is -0.359 e. The topological polar surface area (TPSA) is 26.3 Å². The van der Waals surface area contributed by atoms with Crippen molar-refractivity contribution >= 4 is 22.6 Å². The fourth-order valence-electron chi connectivity index (χ4n) is 1.82. The maximum Gasteiger partial charge on any atom is 0.108 e. The molecule has 0 fully saturated rings. The molecule has 1 aliphatic rings. The molecule has 0 aromatic carbocycles. The van der Waals surface area contributed by atoms with Crippen molar-refractivity contribution < 1.29 is 8.95 Å². The molecule has 1 heterocycles. The molecule has 0 N–H and O–H groups in total. The van der Waals surface area contributed by atoms with Gasteiger partial charge in [0.05, 0.1) is 21.1 Å². The zero-order valence-electron chi connectivity index (χ0n) is 10.8. The van der Waals surface area contributed by atoms with Crippen molar-refractivity contribution in [3.8, 4) is 0 Å². The molecule has 0 aromatic heterocycles. The highest BCUT2D eigenvalue weighted by molar-refractivity contribution is 8.16. The van der Waals surface area contributed by atoms with Crippen LogP contribution < -0.4 is 0 Å². The van der Waals surface area contributed by atoms with Crippen LogP contribution in [0, 0.1) is 5.92 Å². The predicted octanol–water partition coefficient (Wildman–Crippen LogP) is 3.51. The lowest BCUT2D eigenvalue weighted by Crippen LogP contribution is -2.31. The summed E-state index contributed by atoms with van der Waals surface area (Å²) in [6.45, 7) is 10.5. The summed E-state index contributed by atoms with van der Waals surface area (Å²) in [6, 6.07) is 0. The second-order valence-corrected chi connectivity index (χ2v) is 7.47. The molecule has 0 bridgehead atoms. The summed E-state index contributed by atoms with van der Waals surface area (Å²) >= 11 is 1.65. The van der Waals surface area contributed by atoms with Gasteiger partial charge in [-0.2, -0.15) is 0 Å². The van der Waals surface area contributed by atoms with Gasteiger partial charge >= 0.3 is 0 Å². The average Bonchev–Trinajstić information content (AvgIpc) is 2.28. The van der Waals surface area contributed by atoms with Gasteiger partial charge in [-0.1, -0.05) is 39.5 Å². The summed E-state index contributed by atoms with van der Waals surface area (Å²) in [7, 11) is -0.840. The Labute approximate surface area is 106 Å². The van der Waals surface area contributed by atoms with Crippen LogP contribution in [-0.2, 0) is 15.5 Å². The Morgan fingerprint density at radius 2 is 2.06 bits per heavy atom. The third-order valence-electron chi connectivity index (χ3n) is 2.69. The molecule has 2 nitrogen and oxygen atoms in total. The summed E-state index contributed by atoms with van der Waals surface area (Å²) in [4.78, 5) is 0. The highest BCUT2D eigenvalue weighted by Gasteiger charge is 2.31. The lowest BCUT2D eigenvalue weighted by atomic mass is 10.0. The van der Waals surface area contributed by atoms with Crippen molar-refractivity contribution in [2.24, 2.45) is 5.92 Å². The molecule has 1 rings (SSSR count). The van der Waals surface area contributed by atoms with Crippen LogP contribution in [-0.4, -0.2) is 21.5 Å². The Hall–Kier alpha value is 0.200. The SMILES string of the molecule is CC[C@@H]1O[C@H](C(C)C)C(C)=C(S(=O)CC)S1. The zero-order valence-corrected chi connectivity index (χ0v) is 12.4. The predicted molar refractivity (Wildman–Crippen MR) is 72.8 cm³/mol. The molecule has 1 aliphatic heterocycles. The molecule has 0 aromatic rings. The van der Waals surface area contributed by atoms with E-state index in [1.54, 1.807) is 11.8 Å². The van der Waals surface area contributed by atoms with Crippen molar-refractivity contribution in [1.29, 1.82) is 0 Å². The lowest BCUT2D eigenvalue weighted by Gasteiger charge is -2.33. The van der Waals surface area contributed by atoms with Crippen LogP contribution in [0.5, 0.6) is 0 Å². The number of hydrogen-bond donors (Lipinski definition) is 0. The van der Waals surface area contributed by atoms with Crippen LogP contribution in [0.15, 0.2) is 9.81 Å². The Morgan fingerprint density at radius 1 is 1.44 bits per heavy atom. The van der Waals surface area contributed by atoms with E-state index in [4.69, 9.17) is 4.74 Å². The van der Waals surface area contributed by atoms with E-state index in [9.17, 15) is 4.21 Å². The molecular weight excluding hydrogens is 240 g/mol. The van der Waals surface area contributed by atoms with Crippen LogP contribution >= 0.6 is 11.8 Å². The highest BCUT2D eigenvalue weighted by Crippen LogP contribution is 2.39. The van der Waals surface area contributed by atoms with E-state index in [0.717, 1.165) is 10.7 Å². The van der Waals surface area contributed by atoms with Gasteiger partial charge in [-0.05, 0) is 24.8 Å². The zero-order chi connectivity index (χ0) is 12.3. The molecule has 0 spiro atoms. The summed E-state index contributed by atoms with van der Waals surface area (Å²) in [6.07, 6.45) is 1.10. The fourth-order valence-corrected chi connectivity index (χ4v) is 4.55. The Balaban J connectivity index is 3.00. The fraction of sp³-hybridized carbons (Fsp3) is 0.833. The average molecular weight is 262 g/mol. The molecule has 3 atom stereocenters. The summed E-state index contributed by atoms with van der Waals surface area (Å²) in [5.74, 6) is 1.14. The van der Waals surface area contributed by atoms with Gasteiger partial charge in [-0.25, -0.2) is 0 Å². The summed E-state index contributed by atoms with van der Waals surface area (Å²) in [5.41, 5.74) is 1.34. The molecular formula is C12H22O2S2. The van der Waals surface area contributed by atoms with E-state index in [1.807, 2.05) is 6.92 Å². The van der Waals surface area contributed by atoms with Crippen LogP contribution in [0.3, 0.4) is 0 Å². The maximum atomic E-state index is 12.0. The van der Waals surface area contributed by atoms with Gasteiger partial charge in [0.1, 0.15) is 5.44 Å². The van der Waals surface area contributed by atoms with Gasteiger partial charge < -0.3 is 4.74 Å². The second kappa shape index (κ2) is 6.22. The summed E-state index contributed by atoms with van der Waals surface area (Å²) in [5, 5.41) is 0. The first-order valence-corrected chi connectivity index (χ1v) is 8.12. The van der Waals surface area contributed by atoms with Crippen LogP contribution in [0.25, 0.3) is 0 Å². The van der Waals surface area contributed by atoms with Gasteiger partial charge in [0, 0.05) is 5.75 Å². The standard InChI is InChI=1S/C12H22O2S2/c1-6-10-14-11(8(3)4)9(5)12(15-10)16(13)7-2/h8,10-11H,6-7H2,1-5H3/t10-,11-,16?/m1/s1. The Morgan fingerprint density at radius 3 is 2.50 bits per heavy atom. The first kappa shape index (κ1) is 14.3. The van der Waals surface area contributed by atoms with E-state index in [-0.39, 0.29) is 11.5 Å². The van der Waals surface area contributed by atoms with E-state index < -0.39 is 10.8 Å². The van der Waals surface area contributed by atoms with Gasteiger partial charge in [0.2, 0.25) is 0 Å². The molecule has 0 radical (unpaired) electrons. The number of thioether (sulfide) groups is 1. The first-order chi connectivity index (χ1) is 7.51. The van der Waals surface area contributed by atoms with Crippen molar-refractivity contribution in [3.05, 3.63) is 9.81 Å². The molecule has 94 valence electrons. The van der Waals surface area contributed by atoms with Gasteiger partial charge in [-0.15, -0.1) is 0 Å². The Kier molecular flexibility index (Phi) is 5.54. The Bertz CT molecular complexity index is 297. The smallest absolute Gasteiger partial charge is 0.108 e. The van der Waals surface area contributed by atoms with Gasteiger partial charge in [0.25, 0.3) is 0 Å². The molecule has 16 heavy (non-hydrogen) atoms. The van der Waals surface area contributed by atoms with Crippen molar-refractivity contribution in [2.45, 2.75) is 52.6 Å². The van der Waals surface area contributed by atoms with Crippen molar-refractivity contribution in [3.63, 3.8) is 0 Å². The van der Waals surface area contributed by atoms with Crippen molar-refractivity contribution in [2.75, 3.05) is 5.75 Å². The van der Waals surface area contributed by atoms with E-state index in [0.29, 0.717) is 11.7 Å². The third kappa shape index (κ3) is 3.11. The van der Waals surface area contributed by atoms with Gasteiger partial charge in [0.15, 0.2) is 0 Å². The number of rotatable bonds is 4. The van der Waals surface area contributed by atoms with Crippen molar-refractivity contribution in [1.82, 2.24) is 0 Å². The second-order valence-electron chi connectivity index (χ2n) is 4.36. The van der Waals surface area contributed by atoms with E-state index >= 15 is 0 Å². The van der Waals surface area contributed by atoms with Crippen LogP contribution in [0.1, 0.15) is 41.0 Å². The summed E-state index contributed by atoms with van der Waals surface area (Å²) < 4.78 is 19.0. The monoisotopic (exact) mass is 262 g/mol. The largest absolute Gasteiger partial charge is 0.359 e. The molecule has 0 amide bonds. The normalized spacial score (nSPS) is 28.6. The highest BCUT2D eigenvalue weighted by atomic mass is 32.2. The van der Waals surface area contributed by atoms with Crippen LogP contribution in [0.2, 0.25) is 0 Å². The minimum atomic E-state index is -0.840. The molecule has 0 saturated heterocycles. The molecule has 0 aliphatic carbocycles. The molecule has 1 unspecified atom stereocenters. The minimum absolute atomic E-state index is 0.136. The van der Waals surface area contributed by atoms with E-state index in [2.05, 4.69) is 27.7 Å². The number of ether oxygens (including phenoxy) is 1.